The van der Waals surface area contributed by atoms with E-state index >= 15 is 0 Å². The Balaban J connectivity index is 1.22. The number of rotatable bonds is 6. The lowest BCUT2D eigenvalue weighted by atomic mass is 10.1. The number of likely N-dealkylation sites (N-methyl/N-ethyl adjacent to an activating group) is 1. The molecule has 2 aliphatic heterocycles. The average Bonchev–Trinajstić information content (AvgIpc) is 3.51. The number of aromatic nitrogens is 2. The molecule has 37 heavy (non-hydrogen) atoms. The summed E-state index contributed by atoms with van der Waals surface area (Å²) in [5.41, 5.74) is 5.66. The fraction of sp³-hybridized carbons (Fsp3) is 0.333. The molecule has 2 fully saturated rings. The summed E-state index contributed by atoms with van der Waals surface area (Å²) in [6, 6.07) is 16.2. The number of benzene rings is 2. The number of thiophene rings is 1. The van der Waals surface area contributed by atoms with Crippen molar-refractivity contribution in [2.45, 2.75) is 13.3 Å². The van der Waals surface area contributed by atoms with Crippen LogP contribution in [0.5, 0.6) is 0 Å². The second-order valence-corrected chi connectivity index (χ2v) is 12.4. The highest BCUT2D eigenvalue weighted by molar-refractivity contribution is 7.93. The first-order valence-electron chi connectivity index (χ1n) is 12.7. The molecule has 2 aromatic heterocycles. The molecule has 0 aliphatic carbocycles. The summed E-state index contributed by atoms with van der Waals surface area (Å²) >= 11 is 1.59. The molecule has 0 saturated carbocycles. The zero-order chi connectivity index (χ0) is 25.4. The highest BCUT2D eigenvalue weighted by Gasteiger charge is 2.28. The Hall–Kier alpha value is -3.21. The summed E-state index contributed by atoms with van der Waals surface area (Å²) in [7, 11) is -3.23. The first-order chi connectivity index (χ1) is 18.0. The first-order valence-corrected chi connectivity index (χ1v) is 15.2. The van der Waals surface area contributed by atoms with E-state index in [-0.39, 0.29) is 5.75 Å². The maximum Gasteiger partial charge on any atom is 0.235 e. The molecule has 0 atom stereocenters. The first kappa shape index (κ1) is 24.1. The van der Waals surface area contributed by atoms with Gasteiger partial charge in [0.1, 0.15) is 0 Å². The Morgan fingerprint density at radius 3 is 2.54 bits per heavy atom. The average molecular weight is 535 g/mol. The Labute approximate surface area is 221 Å². The van der Waals surface area contributed by atoms with Crippen molar-refractivity contribution in [2.75, 3.05) is 59.5 Å². The monoisotopic (exact) mass is 534 g/mol. The smallest absolute Gasteiger partial charge is 0.235 e. The van der Waals surface area contributed by atoms with Gasteiger partial charge in [-0.05, 0) is 54.9 Å². The van der Waals surface area contributed by atoms with E-state index in [4.69, 9.17) is 4.98 Å². The van der Waals surface area contributed by atoms with Crippen molar-refractivity contribution in [1.82, 2.24) is 14.9 Å². The Morgan fingerprint density at radius 1 is 1.00 bits per heavy atom. The SMILES string of the molecule is CCN1CCN(c2ccc(Nc3ncc4scc(-c5cccc(N6CCCS6(=O)=O)c5)c4n3)cc2)CC1. The number of piperazine rings is 1. The van der Waals surface area contributed by atoms with Crippen LogP contribution in [-0.4, -0.2) is 68.3 Å². The normalized spacial score (nSPS) is 18.0. The van der Waals surface area contributed by atoms with Crippen LogP contribution < -0.4 is 14.5 Å². The van der Waals surface area contributed by atoms with Crippen molar-refractivity contribution in [2.24, 2.45) is 0 Å². The molecule has 2 aliphatic rings. The van der Waals surface area contributed by atoms with Gasteiger partial charge in [0.15, 0.2) is 0 Å². The van der Waals surface area contributed by atoms with Crippen molar-refractivity contribution in [3.05, 3.63) is 60.1 Å². The third-order valence-electron chi connectivity index (χ3n) is 7.17. The fourth-order valence-corrected chi connectivity index (χ4v) is 7.49. The van der Waals surface area contributed by atoms with Gasteiger partial charge in [0.05, 0.1) is 27.9 Å². The summed E-state index contributed by atoms with van der Waals surface area (Å²) in [4.78, 5) is 14.3. The van der Waals surface area contributed by atoms with Gasteiger partial charge in [0.25, 0.3) is 0 Å². The molecule has 8 nitrogen and oxygen atoms in total. The van der Waals surface area contributed by atoms with Crippen molar-refractivity contribution < 1.29 is 8.42 Å². The maximum atomic E-state index is 12.4. The van der Waals surface area contributed by atoms with Gasteiger partial charge >= 0.3 is 0 Å². The summed E-state index contributed by atoms with van der Waals surface area (Å²) in [6.45, 7) is 8.15. The second-order valence-electron chi connectivity index (χ2n) is 9.44. The molecule has 0 radical (unpaired) electrons. The minimum Gasteiger partial charge on any atom is -0.369 e. The van der Waals surface area contributed by atoms with Crippen LogP contribution in [0.2, 0.25) is 0 Å². The molecular formula is C27H30N6O2S2. The molecule has 4 aromatic rings. The molecule has 0 spiro atoms. The molecule has 1 N–H and O–H groups in total. The van der Waals surface area contributed by atoms with Crippen LogP contribution in [0.1, 0.15) is 13.3 Å². The topological polar surface area (TPSA) is 81.7 Å². The van der Waals surface area contributed by atoms with Crippen molar-refractivity contribution in [3.63, 3.8) is 0 Å². The van der Waals surface area contributed by atoms with Gasteiger partial charge < -0.3 is 15.1 Å². The van der Waals surface area contributed by atoms with E-state index in [1.807, 2.05) is 30.5 Å². The van der Waals surface area contributed by atoms with Crippen LogP contribution in [0.4, 0.5) is 23.0 Å². The molecule has 6 rings (SSSR count). The van der Waals surface area contributed by atoms with Gasteiger partial charge in [-0.3, -0.25) is 4.31 Å². The highest BCUT2D eigenvalue weighted by Crippen LogP contribution is 2.36. The van der Waals surface area contributed by atoms with E-state index in [0.717, 1.165) is 59.8 Å². The lowest BCUT2D eigenvalue weighted by molar-refractivity contribution is 0.271. The van der Waals surface area contributed by atoms with Gasteiger partial charge in [-0.15, -0.1) is 11.3 Å². The van der Waals surface area contributed by atoms with E-state index in [1.165, 1.54) is 9.99 Å². The van der Waals surface area contributed by atoms with Crippen LogP contribution in [0.3, 0.4) is 0 Å². The second kappa shape index (κ2) is 9.92. The quantitative estimate of drug-likeness (QED) is 0.381. The minimum absolute atomic E-state index is 0.206. The zero-order valence-electron chi connectivity index (χ0n) is 20.8. The third-order valence-corrected chi connectivity index (χ3v) is 9.94. The molecule has 0 bridgehead atoms. The van der Waals surface area contributed by atoms with E-state index in [1.54, 1.807) is 11.3 Å². The minimum atomic E-state index is -3.23. The lowest BCUT2D eigenvalue weighted by Crippen LogP contribution is -2.46. The fourth-order valence-electron chi connectivity index (χ4n) is 5.06. The number of sulfonamides is 1. The third kappa shape index (κ3) is 4.88. The van der Waals surface area contributed by atoms with Crippen LogP contribution >= 0.6 is 11.3 Å². The van der Waals surface area contributed by atoms with Gasteiger partial charge in [-0.25, -0.2) is 18.4 Å². The number of nitrogens with one attached hydrogen (secondary N) is 1. The molecule has 2 saturated heterocycles. The van der Waals surface area contributed by atoms with Crippen molar-refractivity contribution >= 4 is 54.6 Å². The summed E-state index contributed by atoms with van der Waals surface area (Å²) < 4.78 is 27.3. The van der Waals surface area contributed by atoms with E-state index in [9.17, 15) is 8.42 Å². The molecule has 10 heteroatoms. The van der Waals surface area contributed by atoms with E-state index < -0.39 is 10.0 Å². The van der Waals surface area contributed by atoms with Crippen molar-refractivity contribution in [1.29, 1.82) is 0 Å². The predicted molar refractivity (Wildman–Crippen MR) is 153 cm³/mol. The zero-order valence-corrected chi connectivity index (χ0v) is 22.4. The lowest BCUT2D eigenvalue weighted by Gasteiger charge is -2.35. The standard InChI is InChI=1S/C27H30N6O2S2/c1-2-31-12-14-32(15-13-31)22-9-7-21(8-10-22)29-27-28-18-25-26(30-27)24(19-36-25)20-5-3-6-23(17-20)33-11-4-16-37(33,34)35/h3,5-10,17-19H,2,4,11-16H2,1H3,(H,28,29,30). The van der Waals surface area contributed by atoms with Crippen LogP contribution in [0, 0.1) is 0 Å². The number of anilines is 4. The van der Waals surface area contributed by atoms with Crippen LogP contribution in [0.15, 0.2) is 60.1 Å². The number of fused-ring (bicyclic) bond motifs is 1. The van der Waals surface area contributed by atoms with Crippen molar-refractivity contribution in [3.8, 4) is 11.1 Å². The van der Waals surface area contributed by atoms with E-state index in [2.05, 4.69) is 56.7 Å². The predicted octanol–water partition coefficient (Wildman–Crippen LogP) is 4.78. The highest BCUT2D eigenvalue weighted by atomic mass is 32.2. The number of hydrogen-bond donors (Lipinski definition) is 1. The van der Waals surface area contributed by atoms with Gasteiger partial charge in [0.2, 0.25) is 16.0 Å². The van der Waals surface area contributed by atoms with Gasteiger partial charge in [-0.2, -0.15) is 0 Å². The van der Waals surface area contributed by atoms with E-state index in [0.29, 0.717) is 24.6 Å². The Morgan fingerprint density at radius 2 is 1.81 bits per heavy atom. The van der Waals surface area contributed by atoms with Gasteiger partial charge in [0, 0.05) is 55.0 Å². The molecule has 2 aromatic carbocycles. The van der Waals surface area contributed by atoms with Gasteiger partial charge in [-0.1, -0.05) is 19.1 Å². The summed E-state index contributed by atoms with van der Waals surface area (Å²) in [6.07, 6.45) is 2.50. The molecule has 4 heterocycles. The van der Waals surface area contributed by atoms with Crippen LogP contribution in [-0.2, 0) is 10.0 Å². The number of nitrogens with zero attached hydrogens (tertiary/aromatic N) is 5. The summed E-state index contributed by atoms with van der Waals surface area (Å²) in [5, 5.41) is 5.41. The Bertz CT molecular complexity index is 1510. The summed E-state index contributed by atoms with van der Waals surface area (Å²) in [5.74, 6) is 0.742. The molecule has 0 amide bonds. The molecule has 0 unspecified atom stereocenters. The molecule has 192 valence electrons. The number of hydrogen-bond acceptors (Lipinski definition) is 8. The molecular weight excluding hydrogens is 504 g/mol. The van der Waals surface area contributed by atoms with Crippen LogP contribution in [0.25, 0.3) is 21.3 Å². The Kier molecular flexibility index (Phi) is 6.48. The maximum absolute atomic E-state index is 12.4. The largest absolute Gasteiger partial charge is 0.369 e.